The standard InChI is InChI=1S/C24H32N4O4/c1-3-4-11-25-24(30)18-10-9-17(2)27(15-18)16-23(29)28-20(22-8-6-13-32-22)14-19(26-28)21-7-5-12-31-21/h5-8,12-13,17-18,20H,3-4,9-11,14-16H2,1-2H3,(H,25,30). The number of unbranched alkanes of at least 4 members (excludes halogenated alkanes) is 1. The number of hydrazone groups is 1. The molecule has 2 amide bonds. The fourth-order valence-electron chi connectivity index (χ4n) is 4.43. The van der Waals surface area contributed by atoms with Crippen molar-refractivity contribution >= 4 is 17.5 Å². The van der Waals surface area contributed by atoms with Crippen LogP contribution in [0, 0.1) is 5.92 Å². The van der Waals surface area contributed by atoms with Gasteiger partial charge in [0.05, 0.1) is 25.0 Å². The van der Waals surface area contributed by atoms with Gasteiger partial charge in [0.15, 0.2) is 0 Å². The zero-order chi connectivity index (χ0) is 22.5. The third-order valence-electron chi connectivity index (χ3n) is 6.39. The van der Waals surface area contributed by atoms with Gasteiger partial charge in [-0.2, -0.15) is 5.10 Å². The van der Waals surface area contributed by atoms with Crippen LogP contribution >= 0.6 is 0 Å². The molecule has 8 heteroatoms. The molecule has 1 saturated heterocycles. The summed E-state index contributed by atoms with van der Waals surface area (Å²) < 4.78 is 11.1. The molecule has 3 unspecified atom stereocenters. The monoisotopic (exact) mass is 440 g/mol. The molecule has 0 spiro atoms. The van der Waals surface area contributed by atoms with E-state index >= 15 is 0 Å². The van der Waals surface area contributed by atoms with Crippen LogP contribution < -0.4 is 5.32 Å². The van der Waals surface area contributed by atoms with Gasteiger partial charge in [0.1, 0.15) is 23.3 Å². The SMILES string of the molecule is CCCCNC(=O)C1CCC(C)N(CC(=O)N2N=C(c3ccco3)CC2c2ccco2)C1. The molecule has 1 fully saturated rings. The largest absolute Gasteiger partial charge is 0.467 e. The number of piperidine rings is 1. The van der Waals surface area contributed by atoms with Crippen LogP contribution in [-0.2, 0) is 9.59 Å². The predicted molar refractivity (Wildman–Crippen MR) is 120 cm³/mol. The van der Waals surface area contributed by atoms with E-state index in [2.05, 4.69) is 29.2 Å². The third-order valence-corrected chi connectivity index (χ3v) is 6.39. The van der Waals surface area contributed by atoms with Crippen molar-refractivity contribution in [1.29, 1.82) is 0 Å². The second kappa shape index (κ2) is 10.2. The summed E-state index contributed by atoms with van der Waals surface area (Å²) in [4.78, 5) is 28.0. The maximum atomic E-state index is 13.4. The Labute approximate surface area is 188 Å². The smallest absolute Gasteiger partial charge is 0.257 e. The Morgan fingerprint density at radius 2 is 2.00 bits per heavy atom. The van der Waals surface area contributed by atoms with E-state index in [1.54, 1.807) is 12.5 Å². The maximum Gasteiger partial charge on any atom is 0.257 e. The van der Waals surface area contributed by atoms with Crippen molar-refractivity contribution in [2.75, 3.05) is 19.6 Å². The molecule has 0 bridgehead atoms. The highest BCUT2D eigenvalue weighted by Gasteiger charge is 2.38. The number of hydrogen-bond donors (Lipinski definition) is 1. The first-order chi connectivity index (χ1) is 15.6. The molecule has 1 N–H and O–H groups in total. The van der Waals surface area contributed by atoms with E-state index in [-0.39, 0.29) is 36.4 Å². The van der Waals surface area contributed by atoms with Crippen LogP contribution in [0.5, 0.6) is 0 Å². The van der Waals surface area contributed by atoms with E-state index in [9.17, 15) is 9.59 Å². The summed E-state index contributed by atoms with van der Waals surface area (Å²) in [5.41, 5.74) is 0.727. The van der Waals surface area contributed by atoms with Crippen molar-refractivity contribution in [2.24, 2.45) is 11.0 Å². The number of carbonyl (C=O) groups is 2. The average Bonchev–Trinajstić information content (AvgIpc) is 3.55. The predicted octanol–water partition coefficient (Wildman–Crippen LogP) is 3.57. The van der Waals surface area contributed by atoms with Crippen molar-refractivity contribution in [2.45, 2.75) is 58.0 Å². The molecule has 0 aliphatic carbocycles. The number of nitrogens with zero attached hydrogens (tertiary/aromatic N) is 3. The first kappa shape index (κ1) is 22.3. The normalized spacial score (nSPS) is 23.9. The summed E-state index contributed by atoms with van der Waals surface area (Å²) in [6.07, 6.45) is 7.52. The van der Waals surface area contributed by atoms with Crippen LogP contribution in [0.3, 0.4) is 0 Å². The molecule has 2 aliphatic rings. The Morgan fingerprint density at radius 3 is 2.72 bits per heavy atom. The lowest BCUT2D eigenvalue weighted by molar-refractivity contribution is -0.137. The van der Waals surface area contributed by atoms with E-state index in [1.165, 1.54) is 5.01 Å². The van der Waals surface area contributed by atoms with Gasteiger partial charge in [0.25, 0.3) is 5.91 Å². The molecule has 0 aromatic carbocycles. The van der Waals surface area contributed by atoms with Gasteiger partial charge in [0.2, 0.25) is 5.91 Å². The molecule has 2 aromatic heterocycles. The van der Waals surface area contributed by atoms with Gasteiger partial charge < -0.3 is 14.2 Å². The number of amides is 2. The number of likely N-dealkylation sites (tertiary alicyclic amines) is 1. The average molecular weight is 441 g/mol. The van der Waals surface area contributed by atoms with E-state index in [0.717, 1.165) is 31.4 Å². The van der Waals surface area contributed by atoms with Gasteiger partial charge in [-0.05, 0) is 50.5 Å². The van der Waals surface area contributed by atoms with Gasteiger partial charge in [0, 0.05) is 25.6 Å². The number of hydrogen-bond acceptors (Lipinski definition) is 6. The summed E-state index contributed by atoms with van der Waals surface area (Å²) in [7, 11) is 0. The van der Waals surface area contributed by atoms with Crippen LogP contribution in [-0.4, -0.2) is 53.1 Å². The van der Waals surface area contributed by atoms with Crippen LogP contribution in [0.2, 0.25) is 0 Å². The Balaban J connectivity index is 1.45. The molecule has 0 radical (unpaired) electrons. The molecule has 8 nitrogen and oxygen atoms in total. The number of furan rings is 2. The van der Waals surface area contributed by atoms with Crippen LogP contribution in [0.15, 0.2) is 50.7 Å². The van der Waals surface area contributed by atoms with Crippen molar-refractivity contribution in [3.8, 4) is 0 Å². The molecule has 3 atom stereocenters. The summed E-state index contributed by atoms with van der Waals surface area (Å²) in [5, 5.41) is 9.16. The zero-order valence-corrected chi connectivity index (χ0v) is 18.8. The van der Waals surface area contributed by atoms with Crippen LogP contribution in [0.4, 0.5) is 0 Å². The summed E-state index contributed by atoms with van der Waals surface area (Å²) in [5.74, 6) is 1.26. The van der Waals surface area contributed by atoms with Gasteiger partial charge >= 0.3 is 0 Å². The third kappa shape index (κ3) is 4.96. The molecule has 2 aromatic rings. The number of carbonyl (C=O) groups excluding carboxylic acids is 2. The van der Waals surface area contributed by atoms with E-state index in [0.29, 0.717) is 31.0 Å². The minimum Gasteiger partial charge on any atom is -0.467 e. The lowest BCUT2D eigenvalue weighted by Crippen LogP contribution is -2.50. The van der Waals surface area contributed by atoms with Gasteiger partial charge in [-0.1, -0.05) is 13.3 Å². The zero-order valence-electron chi connectivity index (χ0n) is 18.8. The van der Waals surface area contributed by atoms with E-state index in [1.807, 2.05) is 24.3 Å². The van der Waals surface area contributed by atoms with Crippen LogP contribution in [0.25, 0.3) is 0 Å². The fraction of sp³-hybridized carbons (Fsp3) is 0.542. The Morgan fingerprint density at radius 1 is 1.19 bits per heavy atom. The molecular weight excluding hydrogens is 408 g/mol. The lowest BCUT2D eigenvalue weighted by Gasteiger charge is -2.37. The second-order valence-corrected chi connectivity index (χ2v) is 8.69. The highest BCUT2D eigenvalue weighted by atomic mass is 16.3. The van der Waals surface area contributed by atoms with Crippen molar-refractivity contribution in [3.05, 3.63) is 48.3 Å². The first-order valence-corrected chi connectivity index (χ1v) is 11.6. The topological polar surface area (TPSA) is 91.3 Å². The van der Waals surface area contributed by atoms with Crippen LogP contribution in [0.1, 0.15) is 63.5 Å². The minimum atomic E-state index is -0.300. The molecular formula is C24H32N4O4. The fourth-order valence-corrected chi connectivity index (χ4v) is 4.43. The molecule has 4 heterocycles. The molecule has 172 valence electrons. The van der Waals surface area contributed by atoms with Crippen molar-refractivity contribution < 1.29 is 18.4 Å². The number of nitrogens with one attached hydrogen (secondary N) is 1. The second-order valence-electron chi connectivity index (χ2n) is 8.69. The summed E-state index contributed by atoms with van der Waals surface area (Å²) >= 11 is 0. The summed E-state index contributed by atoms with van der Waals surface area (Å²) in [6.45, 7) is 5.73. The minimum absolute atomic E-state index is 0.0857. The highest BCUT2D eigenvalue weighted by Crippen LogP contribution is 2.33. The molecule has 2 aliphatic heterocycles. The van der Waals surface area contributed by atoms with Crippen molar-refractivity contribution in [1.82, 2.24) is 15.2 Å². The Hall–Kier alpha value is -2.87. The Kier molecular flexibility index (Phi) is 7.09. The maximum absolute atomic E-state index is 13.4. The van der Waals surface area contributed by atoms with E-state index < -0.39 is 0 Å². The lowest BCUT2D eigenvalue weighted by atomic mass is 9.92. The summed E-state index contributed by atoms with van der Waals surface area (Å²) in [6, 6.07) is 7.28. The van der Waals surface area contributed by atoms with Gasteiger partial charge in [-0.15, -0.1) is 0 Å². The number of rotatable bonds is 8. The highest BCUT2D eigenvalue weighted by molar-refractivity contribution is 6.01. The molecule has 4 rings (SSSR count). The first-order valence-electron chi connectivity index (χ1n) is 11.6. The van der Waals surface area contributed by atoms with Gasteiger partial charge in [-0.25, -0.2) is 5.01 Å². The van der Waals surface area contributed by atoms with Gasteiger partial charge in [-0.3, -0.25) is 14.5 Å². The Bertz CT molecular complexity index is 922. The van der Waals surface area contributed by atoms with E-state index in [4.69, 9.17) is 8.83 Å². The van der Waals surface area contributed by atoms with Crippen molar-refractivity contribution in [3.63, 3.8) is 0 Å². The molecule has 0 saturated carbocycles. The molecule has 32 heavy (non-hydrogen) atoms. The quantitative estimate of drug-likeness (QED) is 0.634.